The summed E-state index contributed by atoms with van der Waals surface area (Å²) in [6, 6.07) is 18.0. The van der Waals surface area contributed by atoms with Crippen LogP contribution >= 0.6 is 11.8 Å². The number of amides is 1. The number of nitrogens with zero attached hydrogens (tertiary/aromatic N) is 1. The van der Waals surface area contributed by atoms with E-state index in [4.69, 9.17) is 9.72 Å². The van der Waals surface area contributed by atoms with Gasteiger partial charge < -0.3 is 10.1 Å². The maximum atomic E-state index is 13.3. The van der Waals surface area contributed by atoms with Gasteiger partial charge in [0.1, 0.15) is 10.8 Å². The molecule has 0 unspecified atom stereocenters. The van der Waals surface area contributed by atoms with Gasteiger partial charge in [-0.15, -0.1) is 0 Å². The summed E-state index contributed by atoms with van der Waals surface area (Å²) in [5.41, 5.74) is 1.54. The van der Waals surface area contributed by atoms with Crippen LogP contribution in [0.4, 0.5) is 0 Å². The highest BCUT2D eigenvalue weighted by Crippen LogP contribution is 2.32. The van der Waals surface area contributed by atoms with Crippen LogP contribution in [0.1, 0.15) is 50.4 Å². The van der Waals surface area contributed by atoms with Crippen molar-refractivity contribution < 1.29 is 9.53 Å². The van der Waals surface area contributed by atoms with Crippen molar-refractivity contribution in [2.75, 3.05) is 6.61 Å². The van der Waals surface area contributed by atoms with Crippen LogP contribution in [0.5, 0.6) is 5.75 Å². The van der Waals surface area contributed by atoms with Gasteiger partial charge in [-0.3, -0.25) is 4.79 Å². The molecule has 1 saturated carbocycles. The van der Waals surface area contributed by atoms with E-state index in [1.807, 2.05) is 61.5 Å². The van der Waals surface area contributed by atoms with Gasteiger partial charge in [-0.25, -0.2) is 4.98 Å². The zero-order valence-corrected chi connectivity index (χ0v) is 19.2. The third kappa shape index (κ3) is 5.04. The van der Waals surface area contributed by atoms with Crippen LogP contribution in [0.15, 0.2) is 64.5 Å². The van der Waals surface area contributed by atoms with E-state index in [-0.39, 0.29) is 11.9 Å². The summed E-state index contributed by atoms with van der Waals surface area (Å²) in [6.07, 6.45) is 3.47. The highest BCUT2D eigenvalue weighted by molar-refractivity contribution is 7.99. The zero-order chi connectivity index (χ0) is 21.8. The topological polar surface area (TPSA) is 51.2 Å². The minimum absolute atomic E-state index is 0.00177. The molecule has 0 spiro atoms. The number of carbonyl (C=O) groups is 1. The number of benzene rings is 2. The maximum Gasteiger partial charge on any atom is 0.252 e. The number of carbonyl (C=O) groups excluding carboxylic acids is 1. The average molecular weight is 435 g/mol. The highest BCUT2D eigenvalue weighted by Gasteiger charge is 2.29. The fraction of sp³-hybridized carbons (Fsp3) is 0.385. The first kappa shape index (κ1) is 21.7. The first-order chi connectivity index (χ1) is 15.0. The molecule has 1 aromatic heterocycles. The second-order valence-electron chi connectivity index (χ2n) is 8.38. The molecule has 3 aromatic rings. The monoisotopic (exact) mass is 434 g/mol. The molecule has 1 fully saturated rings. The summed E-state index contributed by atoms with van der Waals surface area (Å²) < 4.78 is 5.53. The molecule has 1 aliphatic rings. The van der Waals surface area contributed by atoms with Gasteiger partial charge in [-0.05, 0) is 61.6 Å². The molecule has 2 aromatic carbocycles. The van der Waals surface area contributed by atoms with E-state index in [0.29, 0.717) is 24.0 Å². The van der Waals surface area contributed by atoms with E-state index < -0.39 is 0 Å². The number of hydrogen-bond donors (Lipinski definition) is 1. The van der Waals surface area contributed by atoms with Crippen molar-refractivity contribution in [3.05, 3.63) is 60.2 Å². The molecule has 0 aliphatic heterocycles. The predicted octanol–water partition coefficient (Wildman–Crippen LogP) is 6.34. The van der Waals surface area contributed by atoms with E-state index in [1.54, 1.807) is 11.8 Å². The Morgan fingerprint density at radius 1 is 1.13 bits per heavy atom. The third-order valence-electron chi connectivity index (χ3n) is 6.32. The van der Waals surface area contributed by atoms with Crippen LogP contribution < -0.4 is 10.1 Å². The Hall–Kier alpha value is -2.53. The Kier molecular flexibility index (Phi) is 6.81. The Morgan fingerprint density at radius 2 is 1.90 bits per heavy atom. The van der Waals surface area contributed by atoms with E-state index in [2.05, 4.69) is 19.2 Å². The molecule has 4 nitrogen and oxygen atoms in total. The molecule has 162 valence electrons. The summed E-state index contributed by atoms with van der Waals surface area (Å²) in [5.74, 6) is 1.98. The van der Waals surface area contributed by atoms with E-state index in [9.17, 15) is 4.79 Å². The molecule has 0 saturated heterocycles. The number of nitrogens with one attached hydrogen (secondary N) is 1. The van der Waals surface area contributed by atoms with Crippen molar-refractivity contribution in [1.29, 1.82) is 0 Å². The molecule has 31 heavy (non-hydrogen) atoms. The number of rotatable bonds is 6. The first-order valence-electron chi connectivity index (χ1n) is 11.2. The van der Waals surface area contributed by atoms with Crippen molar-refractivity contribution in [2.45, 2.75) is 56.0 Å². The fourth-order valence-electron chi connectivity index (χ4n) is 4.31. The lowest BCUT2D eigenvalue weighted by Crippen LogP contribution is -2.43. The number of aromatic nitrogens is 1. The lowest BCUT2D eigenvalue weighted by Gasteiger charge is -2.34. The van der Waals surface area contributed by atoms with Crippen LogP contribution in [-0.4, -0.2) is 23.5 Å². The Morgan fingerprint density at radius 3 is 2.68 bits per heavy atom. The average Bonchev–Trinajstić information content (AvgIpc) is 2.78. The summed E-state index contributed by atoms with van der Waals surface area (Å²) in [5, 5.41) is 5.04. The molecule has 1 amide bonds. The third-order valence-corrected chi connectivity index (χ3v) is 7.24. The lowest BCUT2D eigenvalue weighted by atomic mass is 9.78. The Bertz CT molecular complexity index is 1050. The largest absolute Gasteiger partial charge is 0.494 e. The van der Waals surface area contributed by atoms with Gasteiger partial charge >= 0.3 is 0 Å². The molecule has 3 atom stereocenters. The number of hydrogen-bond acceptors (Lipinski definition) is 4. The molecular formula is C26H30N2O2S. The van der Waals surface area contributed by atoms with Crippen LogP contribution in [0.25, 0.3) is 10.9 Å². The van der Waals surface area contributed by atoms with Crippen molar-refractivity contribution in [2.24, 2.45) is 11.8 Å². The Balaban J connectivity index is 1.61. The van der Waals surface area contributed by atoms with Crippen molar-refractivity contribution in [3.8, 4) is 5.75 Å². The zero-order valence-electron chi connectivity index (χ0n) is 18.4. The molecule has 0 bridgehead atoms. The molecule has 1 N–H and O–H groups in total. The summed E-state index contributed by atoms with van der Waals surface area (Å²) in [7, 11) is 0. The smallest absolute Gasteiger partial charge is 0.252 e. The van der Waals surface area contributed by atoms with Crippen molar-refractivity contribution >= 4 is 28.6 Å². The summed E-state index contributed by atoms with van der Waals surface area (Å²) in [6.45, 7) is 7.17. The first-order valence-corrected chi connectivity index (χ1v) is 12.0. The summed E-state index contributed by atoms with van der Waals surface area (Å²) >= 11 is 1.56. The highest BCUT2D eigenvalue weighted by atomic mass is 32.2. The molecule has 5 heteroatoms. The predicted molar refractivity (Wildman–Crippen MR) is 127 cm³/mol. The molecule has 1 heterocycles. The molecule has 4 rings (SSSR count). The van der Waals surface area contributed by atoms with Gasteiger partial charge in [0, 0.05) is 16.3 Å². The van der Waals surface area contributed by atoms with Crippen LogP contribution in [0, 0.1) is 11.8 Å². The second kappa shape index (κ2) is 9.73. The molecular weight excluding hydrogens is 404 g/mol. The minimum Gasteiger partial charge on any atom is -0.494 e. The normalized spacial score (nSPS) is 21.1. The maximum absolute atomic E-state index is 13.3. The number of para-hydroxylation sites is 1. The lowest BCUT2D eigenvalue weighted by molar-refractivity contribution is 0.0892. The van der Waals surface area contributed by atoms with E-state index in [0.717, 1.165) is 33.0 Å². The number of pyridine rings is 1. The van der Waals surface area contributed by atoms with E-state index in [1.165, 1.54) is 12.8 Å². The Labute approximate surface area is 188 Å². The van der Waals surface area contributed by atoms with Crippen LogP contribution in [-0.2, 0) is 0 Å². The fourth-order valence-corrected chi connectivity index (χ4v) is 5.15. The summed E-state index contributed by atoms with van der Waals surface area (Å²) in [4.78, 5) is 19.2. The van der Waals surface area contributed by atoms with Gasteiger partial charge in [-0.2, -0.15) is 0 Å². The van der Waals surface area contributed by atoms with Crippen LogP contribution in [0.2, 0.25) is 0 Å². The van der Waals surface area contributed by atoms with E-state index >= 15 is 0 Å². The van der Waals surface area contributed by atoms with Crippen molar-refractivity contribution in [3.63, 3.8) is 0 Å². The van der Waals surface area contributed by atoms with Gasteiger partial charge in [0.25, 0.3) is 5.91 Å². The second-order valence-corrected chi connectivity index (χ2v) is 9.47. The SMILES string of the molecule is CCOc1ccc(Sc2cc(C(=O)N[C@@H]3CCC[C@@H](C)[C@@H]3C)c3ccccc3n2)cc1. The molecule has 0 radical (unpaired) electrons. The van der Waals surface area contributed by atoms with Gasteiger partial charge in [-0.1, -0.05) is 56.7 Å². The number of fused-ring (bicyclic) bond motifs is 1. The van der Waals surface area contributed by atoms with Crippen LogP contribution in [0.3, 0.4) is 0 Å². The quantitative estimate of drug-likeness (QED) is 0.492. The minimum atomic E-state index is -0.00177. The molecule has 1 aliphatic carbocycles. The van der Waals surface area contributed by atoms with Crippen molar-refractivity contribution in [1.82, 2.24) is 10.3 Å². The standard InChI is InChI=1S/C26H30N2O2S/c1-4-30-19-12-14-20(15-13-19)31-25-16-22(21-9-5-6-10-24(21)27-25)26(29)28-23-11-7-8-17(2)18(23)3/h5-6,9-10,12-18,23H,4,7-8,11H2,1-3H3,(H,28,29)/t17-,18+,23-/m1/s1. The van der Waals surface area contributed by atoms with Gasteiger partial charge in [0.15, 0.2) is 0 Å². The van der Waals surface area contributed by atoms with Gasteiger partial charge in [0.05, 0.1) is 17.7 Å². The van der Waals surface area contributed by atoms with Gasteiger partial charge in [0.2, 0.25) is 0 Å². The number of ether oxygens (including phenoxy) is 1.